The maximum Gasteiger partial charge on any atom is 0.233 e. The number of nitrogens with one attached hydrogen (secondary N) is 1. The summed E-state index contributed by atoms with van der Waals surface area (Å²) in [5.41, 5.74) is 0. The standard InChI is InChI=1S/C14H25N5OS/c1-4-12-15-14(17-16-12)21-10-13(20)19-8-7-11(9-19)18(5-2)6-3/h11H,4-10H2,1-3H3,(H,15,16,17). The fraction of sp³-hybridized carbons (Fsp3) is 0.786. The Kier molecular flexibility index (Phi) is 6.05. The van der Waals surface area contributed by atoms with Crippen molar-refractivity contribution in [2.75, 3.05) is 31.9 Å². The number of aromatic nitrogens is 3. The largest absolute Gasteiger partial charge is 0.340 e. The van der Waals surface area contributed by atoms with Crippen molar-refractivity contribution in [3.8, 4) is 0 Å². The quantitative estimate of drug-likeness (QED) is 0.771. The second kappa shape index (κ2) is 7.79. The molecule has 1 aliphatic rings. The van der Waals surface area contributed by atoms with E-state index in [4.69, 9.17) is 0 Å². The highest BCUT2D eigenvalue weighted by Gasteiger charge is 2.29. The average molecular weight is 311 g/mol. The number of thioether (sulfide) groups is 1. The number of rotatable bonds is 7. The van der Waals surface area contributed by atoms with E-state index < -0.39 is 0 Å². The normalized spacial score (nSPS) is 18.7. The highest BCUT2D eigenvalue weighted by atomic mass is 32.2. The van der Waals surface area contributed by atoms with Gasteiger partial charge in [-0.3, -0.25) is 14.8 Å². The minimum atomic E-state index is 0.192. The van der Waals surface area contributed by atoms with E-state index in [1.165, 1.54) is 11.8 Å². The molecule has 0 aliphatic carbocycles. The Morgan fingerprint density at radius 3 is 2.81 bits per heavy atom. The zero-order valence-electron chi connectivity index (χ0n) is 13.1. The van der Waals surface area contributed by atoms with Crippen LogP contribution in [0, 0.1) is 0 Å². The van der Waals surface area contributed by atoms with Gasteiger partial charge in [0.15, 0.2) is 0 Å². The molecule has 21 heavy (non-hydrogen) atoms. The second-order valence-corrected chi connectivity index (χ2v) is 6.15. The molecular weight excluding hydrogens is 286 g/mol. The molecule has 6 nitrogen and oxygen atoms in total. The van der Waals surface area contributed by atoms with Crippen molar-refractivity contribution in [2.24, 2.45) is 0 Å². The van der Waals surface area contributed by atoms with Crippen molar-refractivity contribution in [3.63, 3.8) is 0 Å². The average Bonchev–Trinajstić information content (AvgIpc) is 3.15. The predicted molar refractivity (Wildman–Crippen MR) is 84.4 cm³/mol. The summed E-state index contributed by atoms with van der Waals surface area (Å²) >= 11 is 1.41. The van der Waals surface area contributed by atoms with E-state index in [1.54, 1.807) is 0 Å². The Balaban J connectivity index is 1.79. The van der Waals surface area contributed by atoms with Crippen LogP contribution in [0.5, 0.6) is 0 Å². The van der Waals surface area contributed by atoms with Crippen LogP contribution < -0.4 is 0 Å². The van der Waals surface area contributed by atoms with Gasteiger partial charge in [0.05, 0.1) is 5.75 Å². The number of nitrogens with zero attached hydrogens (tertiary/aromatic N) is 4. The molecule has 0 spiro atoms. The molecule has 1 N–H and O–H groups in total. The fourth-order valence-corrected chi connectivity index (χ4v) is 3.44. The van der Waals surface area contributed by atoms with Gasteiger partial charge in [0, 0.05) is 25.6 Å². The minimum Gasteiger partial charge on any atom is -0.340 e. The zero-order valence-corrected chi connectivity index (χ0v) is 13.9. The monoisotopic (exact) mass is 311 g/mol. The molecule has 0 aromatic carbocycles. The van der Waals surface area contributed by atoms with Crippen LogP contribution in [0.4, 0.5) is 0 Å². The summed E-state index contributed by atoms with van der Waals surface area (Å²) in [7, 11) is 0. The van der Waals surface area contributed by atoms with E-state index in [1.807, 2.05) is 11.8 Å². The highest BCUT2D eigenvalue weighted by molar-refractivity contribution is 7.99. The molecular formula is C14H25N5OS. The highest BCUT2D eigenvalue weighted by Crippen LogP contribution is 2.18. The number of likely N-dealkylation sites (tertiary alicyclic amines) is 1. The zero-order chi connectivity index (χ0) is 15.2. The molecule has 118 valence electrons. The Bertz CT molecular complexity index is 460. The number of amides is 1. The van der Waals surface area contributed by atoms with Crippen LogP contribution in [0.15, 0.2) is 5.16 Å². The van der Waals surface area contributed by atoms with E-state index in [2.05, 4.69) is 33.9 Å². The van der Waals surface area contributed by atoms with Crippen molar-refractivity contribution in [3.05, 3.63) is 5.82 Å². The summed E-state index contributed by atoms with van der Waals surface area (Å²) in [6, 6.07) is 0.518. The topological polar surface area (TPSA) is 65.1 Å². The summed E-state index contributed by atoms with van der Waals surface area (Å²) in [4.78, 5) is 21.0. The van der Waals surface area contributed by atoms with Crippen LogP contribution in [-0.2, 0) is 11.2 Å². The Labute approximate surface area is 130 Å². The molecule has 2 rings (SSSR count). The van der Waals surface area contributed by atoms with Crippen LogP contribution >= 0.6 is 11.8 Å². The van der Waals surface area contributed by atoms with Crippen LogP contribution in [0.2, 0.25) is 0 Å². The molecule has 1 aromatic rings. The lowest BCUT2D eigenvalue weighted by Gasteiger charge is -2.26. The molecule has 7 heteroatoms. The van der Waals surface area contributed by atoms with Gasteiger partial charge < -0.3 is 4.90 Å². The first-order valence-electron chi connectivity index (χ1n) is 7.73. The molecule has 2 heterocycles. The number of carbonyl (C=O) groups excluding carboxylic acids is 1. The number of H-pyrrole nitrogens is 1. The summed E-state index contributed by atoms with van der Waals surface area (Å²) in [5, 5.41) is 7.64. The third-order valence-corrected chi connectivity index (χ3v) is 4.85. The molecule has 0 saturated carbocycles. The van der Waals surface area contributed by atoms with Crippen molar-refractivity contribution >= 4 is 17.7 Å². The Morgan fingerprint density at radius 1 is 1.43 bits per heavy atom. The molecule has 1 unspecified atom stereocenters. The molecule has 1 saturated heterocycles. The van der Waals surface area contributed by atoms with Crippen molar-refractivity contribution in [1.29, 1.82) is 0 Å². The first-order valence-corrected chi connectivity index (χ1v) is 8.72. The SMILES string of the molecule is CCc1nc(SCC(=O)N2CCC(N(CC)CC)C2)n[nH]1. The lowest BCUT2D eigenvalue weighted by Crippen LogP contribution is -2.39. The summed E-state index contributed by atoms with van der Waals surface area (Å²) < 4.78 is 0. The molecule has 1 fully saturated rings. The summed E-state index contributed by atoms with van der Waals surface area (Å²) in [6.07, 6.45) is 1.91. The summed E-state index contributed by atoms with van der Waals surface area (Å²) in [6.45, 7) is 10.2. The molecule has 1 atom stereocenters. The van der Waals surface area contributed by atoms with E-state index in [0.717, 1.165) is 44.8 Å². The van der Waals surface area contributed by atoms with Gasteiger partial charge in [-0.1, -0.05) is 32.5 Å². The maximum absolute atomic E-state index is 12.3. The van der Waals surface area contributed by atoms with Crippen LogP contribution in [0.3, 0.4) is 0 Å². The first kappa shape index (κ1) is 16.3. The van der Waals surface area contributed by atoms with Crippen LogP contribution in [0.1, 0.15) is 33.0 Å². The predicted octanol–water partition coefficient (Wildman–Crippen LogP) is 1.40. The minimum absolute atomic E-state index is 0.192. The molecule has 1 amide bonds. The van der Waals surface area contributed by atoms with Gasteiger partial charge >= 0.3 is 0 Å². The third-order valence-electron chi connectivity index (χ3n) is 4.02. The van der Waals surface area contributed by atoms with Gasteiger partial charge in [0.1, 0.15) is 5.82 Å². The van der Waals surface area contributed by atoms with Gasteiger partial charge in [0.25, 0.3) is 0 Å². The maximum atomic E-state index is 12.3. The molecule has 1 aromatic heterocycles. The van der Waals surface area contributed by atoms with Crippen LogP contribution in [0.25, 0.3) is 0 Å². The van der Waals surface area contributed by atoms with E-state index in [-0.39, 0.29) is 5.91 Å². The third kappa shape index (κ3) is 4.20. The summed E-state index contributed by atoms with van der Waals surface area (Å²) in [5.74, 6) is 1.48. The smallest absolute Gasteiger partial charge is 0.233 e. The Hall–Kier alpha value is -1.08. The number of hydrogen-bond acceptors (Lipinski definition) is 5. The number of carbonyl (C=O) groups is 1. The number of likely N-dealkylation sites (N-methyl/N-ethyl adjacent to an activating group) is 1. The molecule has 0 bridgehead atoms. The van der Waals surface area contributed by atoms with Crippen molar-refractivity contribution in [1.82, 2.24) is 25.0 Å². The molecule has 1 aliphatic heterocycles. The van der Waals surface area contributed by atoms with Crippen molar-refractivity contribution < 1.29 is 4.79 Å². The van der Waals surface area contributed by atoms with Gasteiger partial charge in [-0.05, 0) is 19.5 Å². The van der Waals surface area contributed by atoms with Gasteiger partial charge in [-0.25, -0.2) is 4.98 Å². The Morgan fingerprint density at radius 2 is 2.19 bits per heavy atom. The van der Waals surface area contributed by atoms with E-state index in [0.29, 0.717) is 17.0 Å². The van der Waals surface area contributed by atoms with Crippen LogP contribution in [-0.4, -0.2) is 68.9 Å². The van der Waals surface area contributed by atoms with Crippen molar-refractivity contribution in [2.45, 2.75) is 44.8 Å². The van der Waals surface area contributed by atoms with E-state index >= 15 is 0 Å². The molecule has 0 radical (unpaired) electrons. The van der Waals surface area contributed by atoms with Gasteiger partial charge in [0.2, 0.25) is 11.1 Å². The van der Waals surface area contributed by atoms with E-state index in [9.17, 15) is 4.79 Å². The number of hydrogen-bond donors (Lipinski definition) is 1. The lowest BCUT2D eigenvalue weighted by molar-refractivity contribution is -0.127. The number of aromatic amines is 1. The second-order valence-electron chi connectivity index (χ2n) is 5.21. The fourth-order valence-electron chi connectivity index (χ4n) is 2.72. The first-order chi connectivity index (χ1) is 10.2. The van der Waals surface area contributed by atoms with Gasteiger partial charge in [-0.2, -0.15) is 0 Å². The number of aryl methyl sites for hydroxylation is 1. The lowest BCUT2D eigenvalue weighted by atomic mass is 10.2. The van der Waals surface area contributed by atoms with Gasteiger partial charge in [-0.15, -0.1) is 5.10 Å².